The lowest BCUT2D eigenvalue weighted by Gasteiger charge is -2.13. The first-order chi connectivity index (χ1) is 9.93. The van der Waals surface area contributed by atoms with Crippen LogP contribution in [0.25, 0.3) is 6.08 Å². The first kappa shape index (κ1) is 16.8. The van der Waals surface area contributed by atoms with Gasteiger partial charge >= 0.3 is 5.97 Å². The average Bonchev–Trinajstić information content (AvgIpc) is 2.43. The second kappa shape index (κ2) is 8.16. The van der Waals surface area contributed by atoms with Gasteiger partial charge in [-0.2, -0.15) is 0 Å². The number of nitrogens with one attached hydrogen (secondary N) is 1. The van der Waals surface area contributed by atoms with Crippen molar-refractivity contribution in [2.75, 3.05) is 13.2 Å². The summed E-state index contributed by atoms with van der Waals surface area (Å²) in [5, 5.41) is 11.2. The SMILES string of the molecule is CCOCC(C)NC(=O)c1ccc(C=CC(=O)O)c(F)c1. The van der Waals surface area contributed by atoms with Crippen LogP contribution >= 0.6 is 0 Å². The standard InChI is InChI=1S/C15H18FNO4/c1-3-21-9-10(2)17-15(20)12-5-4-11(13(16)8-12)6-7-14(18)19/h4-8,10H,3,9H2,1-2H3,(H,17,20)(H,18,19). The molecule has 1 rings (SSSR count). The fraction of sp³-hybridized carbons (Fsp3) is 0.333. The minimum atomic E-state index is -1.17. The van der Waals surface area contributed by atoms with Crippen LogP contribution in [-0.2, 0) is 9.53 Å². The normalized spacial score (nSPS) is 12.3. The number of amides is 1. The second-order valence-corrected chi connectivity index (χ2v) is 4.44. The molecule has 1 aromatic carbocycles. The van der Waals surface area contributed by atoms with Crippen LogP contribution in [0, 0.1) is 5.82 Å². The number of carboxylic acid groups (broad SMARTS) is 1. The minimum absolute atomic E-state index is 0.108. The van der Waals surface area contributed by atoms with E-state index >= 15 is 0 Å². The molecule has 1 unspecified atom stereocenters. The molecule has 0 heterocycles. The van der Waals surface area contributed by atoms with Gasteiger partial charge in [-0.05, 0) is 32.1 Å². The zero-order valence-corrected chi connectivity index (χ0v) is 11.9. The maximum Gasteiger partial charge on any atom is 0.328 e. The van der Waals surface area contributed by atoms with Crippen LogP contribution in [0.15, 0.2) is 24.3 Å². The molecular formula is C15H18FNO4. The van der Waals surface area contributed by atoms with Crippen LogP contribution in [0.4, 0.5) is 4.39 Å². The molecule has 0 aliphatic rings. The Balaban J connectivity index is 2.74. The lowest BCUT2D eigenvalue weighted by molar-refractivity contribution is -0.131. The molecule has 1 aromatic rings. The Bertz CT molecular complexity index is 542. The Hall–Kier alpha value is -2.21. The van der Waals surface area contributed by atoms with Crippen molar-refractivity contribution in [3.8, 4) is 0 Å². The van der Waals surface area contributed by atoms with Crippen LogP contribution in [0.1, 0.15) is 29.8 Å². The van der Waals surface area contributed by atoms with Crippen molar-refractivity contribution in [2.45, 2.75) is 19.9 Å². The van der Waals surface area contributed by atoms with Crippen LogP contribution < -0.4 is 5.32 Å². The zero-order valence-electron chi connectivity index (χ0n) is 11.9. The van der Waals surface area contributed by atoms with E-state index in [1.165, 1.54) is 12.1 Å². The molecule has 0 fully saturated rings. The summed E-state index contributed by atoms with van der Waals surface area (Å²) in [6.07, 6.45) is 1.97. The number of carbonyl (C=O) groups excluding carboxylic acids is 1. The summed E-state index contributed by atoms with van der Waals surface area (Å²) in [6, 6.07) is 3.68. The number of hydrogen-bond acceptors (Lipinski definition) is 3. The first-order valence-corrected chi connectivity index (χ1v) is 6.53. The third-order valence-electron chi connectivity index (χ3n) is 2.62. The van der Waals surface area contributed by atoms with Gasteiger partial charge in [0.1, 0.15) is 5.82 Å². The summed E-state index contributed by atoms with van der Waals surface area (Å²) in [5.74, 6) is -2.23. The lowest BCUT2D eigenvalue weighted by Crippen LogP contribution is -2.35. The number of carbonyl (C=O) groups is 2. The van der Waals surface area contributed by atoms with Gasteiger partial charge in [0.25, 0.3) is 5.91 Å². The van der Waals surface area contributed by atoms with E-state index in [0.29, 0.717) is 13.2 Å². The van der Waals surface area contributed by atoms with E-state index in [1.807, 2.05) is 6.92 Å². The van der Waals surface area contributed by atoms with Crippen LogP contribution in [0.5, 0.6) is 0 Å². The summed E-state index contributed by atoms with van der Waals surface area (Å²) < 4.78 is 18.9. The number of aliphatic carboxylic acids is 1. The fourth-order valence-corrected chi connectivity index (χ4v) is 1.61. The Morgan fingerprint density at radius 1 is 1.48 bits per heavy atom. The van der Waals surface area contributed by atoms with Gasteiger partial charge in [-0.1, -0.05) is 6.07 Å². The highest BCUT2D eigenvalue weighted by Gasteiger charge is 2.11. The Morgan fingerprint density at radius 3 is 2.76 bits per heavy atom. The topological polar surface area (TPSA) is 75.6 Å². The maximum absolute atomic E-state index is 13.8. The lowest BCUT2D eigenvalue weighted by atomic mass is 10.1. The van der Waals surface area contributed by atoms with E-state index in [0.717, 1.165) is 18.2 Å². The highest BCUT2D eigenvalue weighted by atomic mass is 19.1. The van der Waals surface area contributed by atoms with Gasteiger partial charge in [-0.15, -0.1) is 0 Å². The molecule has 0 saturated heterocycles. The molecule has 0 aromatic heterocycles. The summed E-state index contributed by atoms with van der Waals surface area (Å²) in [4.78, 5) is 22.3. The monoisotopic (exact) mass is 295 g/mol. The van der Waals surface area contributed by atoms with Crippen molar-refractivity contribution in [2.24, 2.45) is 0 Å². The Kier molecular flexibility index (Phi) is 6.55. The van der Waals surface area contributed by atoms with Crippen LogP contribution in [0.2, 0.25) is 0 Å². The van der Waals surface area contributed by atoms with E-state index in [9.17, 15) is 14.0 Å². The molecular weight excluding hydrogens is 277 g/mol. The summed E-state index contributed by atoms with van der Waals surface area (Å²) in [6.45, 7) is 4.57. The molecule has 1 atom stereocenters. The van der Waals surface area contributed by atoms with E-state index in [4.69, 9.17) is 9.84 Å². The van der Waals surface area contributed by atoms with Crippen LogP contribution in [-0.4, -0.2) is 36.2 Å². The van der Waals surface area contributed by atoms with E-state index in [1.54, 1.807) is 6.92 Å². The molecule has 0 aliphatic heterocycles. The Labute approximate surface area is 122 Å². The highest BCUT2D eigenvalue weighted by Crippen LogP contribution is 2.12. The number of rotatable bonds is 7. The van der Waals surface area contributed by atoms with E-state index in [-0.39, 0.29) is 17.2 Å². The van der Waals surface area contributed by atoms with Crippen molar-refractivity contribution in [1.29, 1.82) is 0 Å². The number of ether oxygens (including phenoxy) is 1. The van der Waals surface area contributed by atoms with Gasteiger partial charge in [-0.3, -0.25) is 4.79 Å². The van der Waals surface area contributed by atoms with Crippen molar-refractivity contribution in [1.82, 2.24) is 5.32 Å². The largest absolute Gasteiger partial charge is 0.478 e. The zero-order chi connectivity index (χ0) is 15.8. The molecule has 114 valence electrons. The molecule has 1 amide bonds. The average molecular weight is 295 g/mol. The summed E-state index contributed by atoms with van der Waals surface area (Å²) >= 11 is 0. The van der Waals surface area contributed by atoms with Gasteiger partial charge in [0.2, 0.25) is 0 Å². The van der Waals surface area contributed by atoms with Crippen molar-refractivity contribution in [3.63, 3.8) is 0 Å². The molecule has 6 heteroatoms. The third-order valence-corrected chi connectivity index (χ3v) is 2.62. The van der Waals surface area contributed by atoms with Crippen molar-refractivity contribution < 1.29 is 23.8 Å². The highest BCUT2D eigenvalue weighted by molar-refractivity contribution is 5.94. The predicted molar refractivity (Wildman–Crippen MR) is 76.5 cm³/mol. The molecule has 0 spiro atoms. The predicted octanol–water partition coefficient (Wildman–Crippen LogP) is 2.08. The van der Waals surface area contributed by atoms with E-state index < -0.39 is 17.7 Å². The Morgan fingerprint density at radius 2 is 2.19 bits per heavy atom. The third kappa shape index (κ3) is 5.74. The minimum Gasteiger partial charge on any atom is -0.478 e. The van der Waals surface area contributed by atoms with Crippen molar-refractivity contribution >= 4 is 18.0 Å². The summed E-state index contributed by atoms with van der Waals surface area (Å²) in [7, 11) is 0. The quantitative estimate of drug-likeness (QED) is 0.755. The van der Waals surface area contributed by atoms with Gasteiger partial charge in [0, 0.05) is 29.9 Å². The van der Waals surface area contributed by atoms with Gasteiger partial charge in [0.05, 0.1) is 6.61 Å². The molecule has 0 saturated carbocycles. The van der Waals surface area contributed by atoms with Gasteiger partial charge in [-0.25, -0.2) is 9.18 Å². The molecule has 2 N–H and O–H groups in total. The molecule has 0 radical (unpaired) electrons. The number of halogens is 1. The van der Waals surface area contributed by atoms with Crippen molar-refractivity contribution in [3.05, 3.63) is 41.2 Å². The number of carboxylic acids is 1. The molecule has 21 heavy (non-hydrogen) atoms. The molecule has 5 nitrogen and oxygen atoms in total. The molecule has 0 bridgehead atoms. The molecule has 0 aliphatic carbocycles. The van der Waals surface area contributed by atoms with E-state index in [2.05, 4.69) is 5.32 Å². The number of hydrogen-bond donors (Lipinski definition) is 2. The maximum atomic E-state index is 13.8. The first-order valence-electron chi connectivity index (χ1n) is 6.53. The smallest absolute Gasteiger partial charge is 0.328 e. The van der Waals surface area contributed by atoms with Gasteiger partial charge in [0.15, 0.2) is 0 Å². The number of benzene rings is 1. The summed E-state index contributed by atoms with van der Waals surface area (Å²) in [5.41, 5.74) is 0.277. The fourth-order valence-electron chi connectivity index (χ4n) is 1.61. The van der Waals surface area contributed by atoms with Crippen LogP contribution in [0.3, 0.4) is 0 Å². The second-order valence-electron chi connectivity index (χ2n) is 4.44. The van der Waals surface area contributed by atoms with Gasteiger partial charge < -0.3 is 15.2 Å².